The zero-order valence-corrected chi connectivity index (χ0v) is 12.0. The Morgan fingerprint density at radius 2 is 1.52 bits per heavy atom. The van der Waals surface area contributed by atoms with Gasteiger partial charge in [0, 0.05) is 0 Å². The van der Waals surface area contributed by atoms with Crippen LogP contribution in [-0.4, -0.2) is 9.97 Å². The summed E-state index contributed by atoms with van der Waals surface area (Å²) in [6.45, 7) is 0. The minimum Gasteiger partial charge on any atom is -0.438 e. The van der Waals surface area contributed by atoms with Gasteiger partial charge in [0.05, 0.1) is 24.0 Å². The summed E-state index contributed by atoms with van der Waals surface area (Å²) in [6.07, 6.45) is 3.18. The van der Waals surface area contributed by atoms with Crippen molar-refractivity contribution in [3.8, 4) is 22.8 Å². The lowest BCUT2D eigenvalue weighted by Crippen LogP contribution is -1.92. The Bertz CT molecular complexity index is 697. The average molecular weight is 297 g/mol. The van der Waals surface area contributed by atoms with Gasteiger partial charge in [0.2, 0.25) is 5.88 Å². The normalized spacial score (nSPS) is 10.3. The van der Waals surface area contributed by atoms with E-state index >= 15 is 0 Å². The number of hydrogen-bond acceptors (Lipinski definition) is 3. The van der Waals surface area contributed by atoms with Crippen LogP contribution in [0.2, 0.25) is 0 Å². The highest BCUT2D eigenvalue weighted by atomic mass is 35.5. The molecule has 0 aliphatic heterocycles. The molecule has 0 radical (unpaired) electrons. The molecule has 1 heterocycles. The van der Waals surface area contributed by atoms with Crippen LogP contribution in [0.5, 0.6) is 11.6 Å². The molecule has 0 bridgehead atoms. The van der Waals surface area contributed by atoms with E-state index < -0.39 is 0 Å². The predicted octanol–water partition coefficient (Wildman–Crippen LogP) is 4.67. The van der Waals surface area contributed by atoms with Gasteiger partial charge in [-0.15, -0.1) is 11.6 Å². The summed E-state index contributed by atoms with van der Waals surface area (Å²) < 4.78 is 5.65. The van der Waals surface area contributed by atoms with E-state index in [1.807, 2.05) is 42.5 Å². The lowest BCUT2D eigenvalue weighted by Gasteiger charge is -2.06. The smallest absolute Gasteiger partial charge is 0.237 e. The molecule has 0 amide bonds. The van der Waals surface area contributed by atoms with Crippen LogP contribution in [0.3, 0.4) is 0 Å². The summed E-state index contributed by atoms with van der Waals surface area (Å²) in [5.41, 5.74) is 3.05. The third kappa shape index (κ3) is 3.38. The first-order valence-electron chi connectivity index (χ1n) is 6.55. The Morgan fingerprint density at radius 1 is 0.810 bits per heavy atom. The number of benzene rings is 2. The Balaban J connectivity index is 1.75. The SMILES string of the molecule is ClCc1cnc(Oc2ccc(-c3ccccc3)cc2)cn1. The third-order valence-corrected chi connectivity index (χ3v) is 3.28. The first-order chi connectivity index (χ1) is 10.3. The molecule has 4 heteroatoms. The summed E-state index contributed by atoms with van der Waals surface area (Å²) >= 11 is 5.67. The summed E-state index contributed by atoms with van der Waals surface area (Å²) in [7, 11) is 0. The van der Waals surface area contributed by atoms with Crippen LogP contribution in [0, 0.1) is 0 Å². The maximum Gasteiger partial charge on any atom is 0.237 e. The second-order valence-corrected chi connectivity index (χ2v) is 4.74. The Labute approximate surface area is 128 Å². The molecular weight excluding hydrogens is 284 g/mol. The molecule has 0 aliphatic carbocycles. The quantitative estimate of drug-likeness (QED) is 0.656. The molecule has 0 saturated carbocycles. The number of aromatic nitrogens is 2. The van der Waals surface area contributed by atoms with E-state index in [4.69, 9.17) is 16.3 Å². The van der Waals surface area contributed by atoms with Crippen molar-refractivity contribution in [2.75, 3.05) is 0 Å². The molecule has 21 heavy (non-hydrogen) atoms. The highest BCUT2D eigenvalue weighted by Crippen LogP contribution is 2.24. The molecule has 3 rings (SSSR count). The zero-order chi connectivity index (χ0) is 14.5. The van der Waals surface area contributed by atoms with E-state index in [1.165, 1.54) is 5.56 Å². The van der Waals surface area contributed by atoms with Gasteiger partial charge in [-0.3, -0.25) is 4.98 Å². The third-order valence-electron chi connectivity index (χ3n) is 3.00. The zero-order valence-electron chi connectivity index (χ0n) is 11.2. The Morgan fingerprint density at radius 3 is 2.14 bits per heavy atom. The van der Waals surface area contributed by atoms with E-state index in [2.05, 4.69) is 22.1 Å². The van der Waals surface area contributed by atoms with Gasteiger partial charge in [-0.1, -0.05) is 42.5 Å². The Kier molecular flexibility index (Phi) is 4.12. The summed E-state index contributed by atoms with van der Waals surface area (Å²) in [4.78, 5) is 8.30. The molecule has 3 aromatic rings. The van der Waals surface area contributed by atoms with E-state index in [9.17, 15) is 0 Å². The van der Waals surface area contributed by atoms with Gasteiger partial charge in [0.15, 0.2) is 0 Å². The topological polar surface area (TPSA) is 35.0 Å². The van der Waals surface area contributed by atoms with Crippen molar-refractivity contribution in [3.05, 3.63) is 72.7 Å². The molecule has 2 aromatic carbocycles. The first-order valence-corrected chi connectivity index (χ1v) is 7.09. The molecule has 104 valence electrons. The number of rotatable bonds is 4. The van der Waals surface area contributed by atoms with Gasteiger partial charge in [-0.05, 0) is 23.3 Å². The molecule has 0 N–H and O–H groups in total. The van der Waals surface area contributed by atoms with E-state index in [1.54, 1.807) is 12.4 Å². The Hall–Kier alpha value is -2.39. The van der Waals surface area contributed by atoms with Crippen molar-refractivity contribution in [2.24, 2.45) is 0 Å². The largest absolute Gasteiger partial charge is 0.438 e. The van der Waals surface area contributed by atoms with Crippen molar-refractivity contribution in [2.45, 2.75) is 5.88 Å². The molecule has 0 spiro atoms. The molecule has 0 unspecified atom stereocenters. The van der Waals surface area contributed by atoms with E-state index in [0.29, 0.717) is 11.8 Å². The van der Waals surface area contributed by atoms with E-state index in [0.717, 1.165) is 17.0 Å². The molecular formula is C17H13ClN2O. The maximum absolute atomic E-state index is 5.67. The van der Waals surface area contributed by atoms with Crippen LogP contribution in [0.15, 0.2) is 67.0 Å². The van der Waals surface area contributed by atoms with Crippen LogP contribution < -0.4 is 4.74 Å². The molecule has 0 fully saturated rings. The standard InChI is InChI=1S/C17H13ClN2O/c18-10-15-11-20-17(12-19-15)21-16-8-6-14(7-9-16)13-4-2-1-3-5-13/h1-9,11-12H,10H2. The fraction of sp³-hybridized carbons (Fsp3) is 0.0588. The molecule has 1 aromatic heterocycles. The summed E-state index contributed by atoms with van der Waals surface area (Å²) in [5, 5.41) is 0. The van der Waals surface area contributed by atoms with E-state index in [-0.39, 0.29) is 0 Å². The van der Waals surface area contributed by atoms with Gasteiger partial charge in [0.1, 0.15) is 5.75 Å². The lowest BCUT2D eigenvalue weighted by molar-refractivity contribution is 0.459. The van der Waals surface area contributed by atoms with Gasteiger partial charge in [0.25, 0.3) is 0 Å². The van der Waals surface area contributed by atoms with Gasteiger partial charge in [-0.2, -0.15) is 0 Å². The monoisotopic (exact) mass is 296 g/mol. The average Bonchev–Trinajstić information content (AvgIpc) is 2.57. The van der Waals surface area contributed by atoms with Gasteiger partial charge < -0.3 is 4.74 Å². The molecule has 3 nitrogen and oxygen atoms in total. The number of hydrogen-bond donors (Lipinski definition) is 0. The molecule has 0 atom stereocenters. The van der Waals surface area contributed by atoms with Crippen molar-refractivity contribution in [1.29, 1.82) is 0 Å². The fourth-order valence-electron chi connectivity index (χ4n) is 1.93. The number of halogens is 1. The number of ether oxygens (including phenoxy) is 1. The summed E-state index contributed by atoms with van der Waals surface area (Å²) in [5.74, 6) is 1.53. The summed E-state index contributed by atoms with van der Waals surface area (Å²) in [6, 6.07) is 18.1. The van der Waals surface area contributed by atoms with Gasteiger partial charge >= 0.3 is 0 Å². The van der Waals surface area contributed by atoms with Crippen LogP contribution in [0.4, 0.5) is 0 Å². The van der Waals surface area contributed by atoms with Crippen molar-refractivity contribution < 1.29 is 4.74 Å². The second-order valence-electron chi connectivity index (χ2n) is 4.47. The highest BCUT2D eigenvalue weighted by molar-refractivity contribution is 6.16. The number of nitrogens with zero attached hydrogens (tertiary/aromatic N) is 2. The van der Waals surface area contributed by atoms with Crippen molar-refractivity contribution in [1.82, 2.24) is 9.97 Å². The van der Waals surface area contributed by atoms with Crippen LogP contribution in [0.25, 0.3) is 11.1 Å². The van der Waals surface area contributed by atoms with Crippen LogP contribution >= 0.6 is 11.6 Å². The minimum absolute atomic E-state index is 0.346. The van der Waals surface area contributed by atoms with Crippen molar-refractivity contribution >= 4 is 11.6 Å². The molecule has 0 saturated heterocycles. The van der Waals surface area contributed by atoms with Crippen molar-refractivity contribution in [3.63, 3.8) is 0 Å². The maximum atomic E-state index is 5.67. The van der Waals surface area contributed by atoms with Crippen LogP contribution in [-0.2, 0) is 5.88 Å². The minimum atomic E-state index is 0.346. The fourth-order valence-corrected chi connectivity index (χ4v) is 2.07. The molecule has 0 aliphatic rings. The number of alkyl halides is 1. The second kappa shape index (κ2) is 6.37. The predicted molar refractivity (Wildman–Crippen MR) is 83.5 cm³/mol. The highest BCUT2D eigenvalue weighted by Gasteiger charge is 2.01. The lowest BCUT2D eigenvalue weighted by atomic mass is 10.1. The van der Waals surface area contributed by atoms with Crippen LogP contribution in [0.1, 0.15) is 5.69 Å². The van der Waals surface area contributed by atoms with Gasteiger partial charge in [-0.25, -0.2) is 4.98 Å². The first kappa shape index (κ1) is 13.6.